The Balaban J connectivity index is 3.48. The first-order valence-corrected chi connectivity index (χ1v) is 12.8. The van der Waals surface area contributed by atoms with E-state index in [-0.39, 0.29) is 11.8 Å². The lowest BCUT2D eigenvalue weighted by Gasteiger charge is -2.44. The zero-order valence-corrected chi connectivity index (χ0v) is 23.5. The Kier molecular flexibility index (Phi) is 11.3. The van der Waals surface area contributed by atoms with Crippen LogP contribution in [0.3, 0.4) is 0 Å². The van der Waals surface area contributed by atoms with E-state index in [4.69, 9.17) is 4.74 Å². The highest BCUT2D eigenvalue weighted by molar-refractivity contribution is 5.92. The molecule has 0 saturated carbocycles. The molecule has 0 aliphatic rings. The minimum atomic E-state index is -0.879. The molecular formula is C28H47N3O4. The zero-order chi connectivity index (χ0) is 27.0. The molecule has 7 heteroatoms. The lowest BCUT2D eigenvalue weighted by molar-refractivity contribution is -0.149. The van der Waals surface area contributed by atoms with Crippen molar-refractivity contribution < 1.29 is 19.1 Å². The summed E-state index contributed by atoms with van der Waals surface area (Å²) in [5, 5.41) is 5.72. The third-order valence-electron chi connectivity index (χ3n) is 6.17. The molecular weight excluding hydrogens is 442 g/mol. The summed E-state index contributed by atoms with van der Waals surface area (Å²) >= 11 is 0. The van der Waals surface area contributed by atoms with Gasteiger partial charge in [-0.15, -0.1) is 0 Å². The number of nitrogens with one attached hydrogen (secondary N) is 2. The van der Waals surface area contributed by atoms with E-state index in [1.54, 1.807) is 32.6 Å². The van der Waals surface area contributed by atoms with Gasteiger partial charge in [0.05, 0.1) is 0 Å². The quantitative estimate of drug-likeness (QED) is 0.397. The van der Waals surface area contributed by atoms with Crippen molar-refractivity contribution in [1.82, 2.24) is 15.5 Å². The van der Waals surface area contributed by atoms with Gasteiger partial charge in [0, 0.05) is 12.1 Å². The first kappa shape index (κ1) is 30.5. The maximum Gasteiger partial charge on any atom is 0.408 e. The summed E-state index contributed by atoms with van der Waals surface area (Å²) in [6.45, 7) is 19.4. The Bertz CT molecular complexity index is 873. The van der Waals surface area contributed by atoms with Gasteiger partial charge in [0.25, 0.3) is 0 Å². The van der Waals surface area contributed by atoms with Gasteiger partial charge in [0.2, 0.25) is 11.8 Å². The van der Waals surface area contributed by atoms with E-state index < -0.39 is 29.3 Å². The van der Waals surface area contributed by atoms with Crippen molar-refractivity contribution in [3.8, 4) is 0 Å². The second-order valence-corrected chi connectivity index (χ2v) is 11.0. The number of rotatable bonds is 11. The smallest absolute Gasteiger partial charge is 0.408 e. The van der Waals surface area contributed by atoms with Gasteiger partial charge >= 0.3 is 6.09 Å². The lowest BCUT2D eigenvalue weighted by Crippen LogP contribution is -2.58. The van der Waals surface area contributed by atoms with Crippen molar-refractivity contribution in [1.29, 1.82) is 0 Å². The van der Waals surface area contributed by atoms with Crippen LogP contribution in [0.25, 0.3) is 0 Å². The molecule has 1 rings (SSSR count). The van der Waals surface area contributed by atoms with E-state index in [0.717, 1.165) is 36.0 Å². The van der Waals surface area contributed by atoms with Gasteiger partial charge in [0.1, 0.15) is 17.7 Å². The fraction of sp³-hybridized carbons (Fsp3) is 0.679. The van der Waals surface area contributed by atoms with Crippen LogP contribution in [0.2, 0.25) is 0 Å². The largest absolute Gasteiger partial charge is 0.444 e. The molecule has 1 aromatic carbocycles. The number of ether oxygens (including phenoxy) is 1. The molecule has 0 aliphatic heterocycles. The molecule has 2 unspecified atom stereocenters. The number of hydrogen-bond acceptors (Lipinski definition) is 4. The number of carbonyl (C=O) groups excluding carboxylic acids is 3. The first-order valence-electron chi connectivity index (χ1n) is 12.8. The van der Waals surface area contributed by atoms with Gasteiger partial charge in [-0.3, -0.25) is 9.59 Å². The molecule has 0 bridgehead atoms. The predicted molar refractivity (Wildman–Crippen MR) is 141 cm³/mol. The summed E-state index contributed by atoms with van der Waals surface area (Å²) in [4.78, 5) is 41.7. The molecule has 7 nitrogen and oxygen atoms in total. The Morgan fingerprint density at radius 1 is 1.03 bits per heavy atom. The monoisotopic (exact) mass is 489 g/mol. The summed E-state index contributed by atoms with van der Waals surface area (Å²) in [5.74, 6) is -0.550. The molecule has 0 heterocycles. The van der Waals surface area contributed by atoms with Crippen LogP contribution in [-0.4, -0.2) is 46.5 Å². The van der Waals surface area contributed by atoms with Crippen LogP contribution in [0, 0.1) is 13.8 Å². The molecule has 0 aromatic heterocycles. The van der Waals surface area contributed by atoms with Gasteiger partial charge < -0.3 is 20.3 Å². The van der Waals surface area contributed by atoms with E-state index >= 15 is 0 Å². The van der Waals surface area contributed by atoms with Crippen molar-refractivity contribution >= 4 is 17.9 Å². The van der Waals surface area contributed by atoms with Gasteiger partial charge in [-0.1, -0.05) is 50.5 Å². The fourth-order valence-electron chi connectivity index (χ4n) is 3.84. The minimum absolute atomic E-state index is 0.214. The average molecular weight is 490 g/mol. The first-order chi connectivity index (χ1) is 16.1. The van der Waals surface area contributed by atoms with E-state index in [9.17, 15) is 14.4 Å². The molecule has 0 saturated heterocycles. The van der Waals surface area contributed by atoms with Crippen LogP contribution in [-0.2, 0) is 14.3 Å². The molecule has 2 atom stereocenters. The molecule has 0 aliphatic carbocycles. The van der Waals surface area contributed by atoms with Crippen molar-refractivity contribution in [3.05, 3.63) is 34.9 Å². The normalized spacial score (nSPS) is 13.5. The van der Waals surface area contributed by atoms with Gasteiger partial charge in [0.15, 0.2) is 0 Å². The highest BCUT2D eigenvalue weighted by Gasteiger charge is 2.42. The third-order valence-corrected chi connectivity index (χ3v) is 6.17. The number of unbranched alkanes of at least 4 members (excludes halogenated alkanes) is 2. The Morgan fingerprint density at radius 3 is 2.20 bits per heavy atom. The Hall–Kier alpha value is -2.57. The molecule has 1 aromatic rings. The standard InChI is InChI=1S/C28H47N3O4/c1-11-13-14-17-29-24(32)23(22-18-19(3)15-16-20(22)4)31(28(9,10)12-2)25(33)21(5)30-26(34)35-27(6,7)8/h15-16,18,21,23H,11-14,17H2,1-10H3,(H,29,32)(H,30,34). The van der Waals surface area contributed by atoms with Crippen molar-refractivity contribution in [3.63, 3.8) is 0 Å². The summed E-state index contributed by atoms with van der Waals surface area (Å²) in [6.07, 6.45) is 2.91. The summed E-state index contributed by atoms with van der Waals surface area (Å²) in [6, 6.07) is 4.24. The van der Waals surface area contributed by atoms with Crippen LogP contribution in [0.5, 0.6) is 0 Å². The molecule has 0 radical (unpaired) electrons. The fourth-order valence-corrected chi connectivity index (χ4v) is 3.84. The van der Waals surface area contributed by atoms with E-state index in [0.29, 0.717) is 13.0 Å². The van der Waals surface area contributed by atoms with Gasteiger partial charge in [-0.2, -0.15) is 0 Å². The highest BCUT2D eigenvalue weighted by atomic mass is 16.6. The number of hydrogen-bond donors (Lipinski definition) is 2. The van der Waals surface area contributed by atoms with Crippen LogP contribution in [0.1, 0.15) is 104 Å². The highest BCUT2D eigenvalue weighted by Crippen LogP contribution is 2.34. The van der Waals surface area contributed by atoms with Gasteiger partial charge in [-0.05, 0) is 79.4 Å². The number of alkyl carbamates (subject to hydrolysis) is 1. The third kappa shape index (κ3) is 9.19. The zero-order valence-electron chi connectivity index (χ0n) is 23.5. The van der Waals surface area contributed by atoms with E-state index in [1.807, 2.05) is 52.8 Å². The molecule has 198 valence electrons. The number of amides is 3. The number of nitrogens with zero attached hydrogens (tertiary/aromatic N) is 1. The van der Waals surface area contributed by atoms with Crippen LogP contribution in [0.15, 0.2) is 18.2 Å². The Morgan fingerprint density at radius 2 is 1.66 bits per heavy atom. The lowest BCUT2D eigenvalue weighted by atomic mass is 9.90. The summed E-state index contributed by atoms with van der Waals surface area (Å²) in [7, 11) is 0. The number of carbonyl (C=O) groups is 3. The second kappa shape index (κ2) is 12.9. The SMILES string of the molecule is CCCCCNC(=O)C(c1cc(C)ccc1C)N(C(=O)C(C)NC(=O)OC(C)(C)C)C(C)(C)CC. The topological polar surface area (TPSA) is 87.7 Å². The van der Waals surface area contributed by atoms with Crippen molar-refractivity contribution in [2.45, 2.75) is 118 Å². The second-order valence-electron chi connectivity index (χ2n) is 11.0. The Labute approximate surface area is 212 Å². The van der Waals surface area contributed by atoms with Crippen molar-refractivity contribution in [2.24, 2.45) is 0 Å². The maximum absolute atomic E-state index is 13.9. The molecule has 0 spiro atoms. The number of aryl methyl sites for hydroxylation is 2. The van der Waals surface area contributed by atoms with Crippen LogP contribution < -0.4 is 10.6 Å². The van der Waals surface area contributed by atoms with Crippen LogP contribution >= 0.6 is 0 Å². The molecule has 35 heavy (non-hydrogen) atoms. The van der Waals surface area contributed by atoms with E-state index in [1.165, 1.54) is 0 Å². The van der Waals surface area contributed by atoms with Crippen LogP contribution in [0.4, 0.5) is 4.79 Å². The van der Waals surface area contributed by atoms with Gasteiger partial charge in [-0.25, -0.2) is 4.79 Å². The van der Waals surface area contributed by atoms with Crippen molar-refractivity contribution in [2.75, 3.05) is 6.54 Å². The molecule has 2 N–H and O–H groups in total. The minimum Gasteiger partial charge on any atom is -0.444 e. The summed E-state index contributed by atoms with van der Waals surface area (Å²) in [5.41, 5.74) is 1.40. The van der Waals surface area contributed by atoms with E-state index in [2.05, 4.69) is 17.6 Å². The predicted octanol–water partition coefficient (Wildman–Crippen LogP) is 5.58. The number of benzene rings is 1. The molecule has 0 fully saturated rings. The summed E-state index contributed by atoms with van der Waals surface area (Å²) < 4.78 is 5.35. The molecule has 3 amide bonds. The average Bonchev–Trinajstić information content (AvgIpc) is 2.74. The maximum atomic E-state index is 13.9.